The quantitative estimate of drug-likeness (QED) is 0.696. The minimum atomic E-state index is -4.46. The van der Waals surface area contributed by atoms with Crippen LogP contribution in [-0.4, -0.2) is 14.6 Å². The van der Waals surface area contributed by atoms with Gasteiger partial charge in [-0.2, -0.15) is 13.2 Å². The summed E-state index contributed by atoms with van der Waals surface area (Å²) in [5.74, 6) is 0.224. The van der Waals surface area contributed by atoms with Crippen molar-refractivity contribution in [2.75, 3.05) is 5.73 Å². The van der Waals surface area contributed by atoms with E-state index in [2.05, 4.69) is 10.1 Å². The Kier molecular flexibility index (Phi) is 2.63. The van der Waals surface area contributed by atoms with Crippen molar-refractivity contribution in [1.82, 2.24) is 14.6 Å². The van der Waals surface area contributed by atoms with Crippen LogP contribution in [0.2, 0.25) is 0 Å². The smallest absolute Gasteiger partial charge is 0.399 e. The first-order valence-corrected chi connectivity index (χ1v) is 5.73. The summed E-state index contributed by atoms with van der Waals surface area (Å²) in [6.07, 6.45) is -3.04. The maximum atomic E-state index is 12.9. The lowest BCUT2D eigenvalue weighted by Crippen LogP contribution is -2.07. The van der Waals surface area contributed by atoms with Crippen molar-refractivity contribution in [3.8, 4) is 11.4 Å². The molecular weight excluding hydrogens is 269 g/mol. The normalized spacial score (nSPS) is 11.9. The van der Waals surface area contributed by atoms with E-state index in [1.807, 2.05) is 0 Å². The summed E-state index contributed by atoms with van der Waals surface area (Å²) in [6, 6.07) is 8.89. The fourth-order valence-corrected chi connectivity index (χ4v) is 1.88. The number of fused-ring (bicyclic) bond motifs is 1. The topological polar surface area (TPSA) is 56.2 Å². The lowest BCUT2D eigenvalue weighted by Gasteiger charge is -2.05. The first-order chi connectivity index (χ1) is 9.45. The fourth-order valence-electron chi connectivity index (χ4n) is 1.88. The van der Waals surface area contributed by atoms with E-state index >= 15 is 0 Å². The van der Waals surface area contributed by atoms with E-state index in [-0.39, 0.29) is 11.5 Å². The number of aromatic nitrogens is 3. The molecule has 2 heterocycles. The summed E-state index contributed by atoms with van der Waals surface area (Å²) in [5, 5.41) is 4.05. The lowest BCUT2D eigenvalue weighted by molar-refractivity contribution is -0.136. The van der Waals surface area contributed by atoms with Gasteiger partial charge in [-0.05, 0) is 36.4 Å². The van der Waals surface area contributed by atoms with Crippen LogP contribution >= 0.6 is 0 Å². The van der Waals surface area contributed by atoms with Gasteiger partial charge in [-0.15, -0.1) is 5.10 Å². The van der Waals surface area contributed by atoms with E-state index in [4.69, 9.17) is 5.73 Å². The molecule has 2 N–H and O–H groups in total. The monoisotopic (exact) mass is 278 g/mol. The van der Waals surface area contributed by atoms with Crippen molar-refractivity contribution >= 4 is 11.3 Å². The highest BCUT2D eigenvalue weighted by atomic mass is 19.4. The number of nitrogens with two attached hydrogens (primary N) is 1. The number of hydrogen-bond donors (Lipinski definition) is 1. The summed E-state index contributed by atoms with van der Waals surface area (Å²) in [7, 11) is 0. The standard InChI is InChI=1S/C13H9F3N4/c14-13(15,16)10-2-1-7-20-12(10)18-11(19-20)8-3-5-9(17)6-4-8/h1-7H,17H2. The van der Waals surface area contributed by atoms with Crippen LogP contribution in [-0.2, 0) is 6.18 Å². The minimum Gasteiger partial charge on any atom is -0.399 e. The van der Waals surface area contributed by atoms with Crippen LogP contribution in [0.5, 0.6) is 0 Å². The number of halogens is 3. The molecule has 0 aliphatic heterocycles. The summed E-state index contributed by atoms with van der Waals surface area (Å²) >= 11 is 0. The average molecular weight is 278 g/mol. The van der Waals surface area contributed by atoms with Gasteiger partial charge < -0.3 is 5.73 Å². The maximum Gasteiger partial charge on any atom is 0.420 e. The van der Waals surface area contributed by atoms with Crippen molar-refractivity contribution in [3.63, 3.8) is 0 Å². The molecule has 3 aromatic rings. The third kappa shape index (κ3) is 2.07. The van der Waals surface area contributed by atoms with Gasteiger partial charge in [0, 0.05) is 17.4 Å². The van der Waals surface area contributed by atoms with Crippen molar-refractivity contribution in [2.24, 2.45) is 0 Å². The highest BCUT2D eigenvalue weighted by Crippen LogP contribution is 2.32. The van der Waals surface area contributed by atoms with Gasteiger partial charge in [0.25, 0.3) is 0 Å². The van der Waals surface area contributed by atoms with Crippen LogP contribution in [0.3, 0.4) is 0 Å². The predicted octanol–water partition coefficient (Wildman–Crippen LogP) is 3.00. The van der Waals surface area contributed by atoms with Crippen LogP contribution in [0, 0.1) is 0 Å². The number of nitrogen functional groups attached to an aromatic ring is 1. The molecule has 7 heteroatoms. The summed E-state index contributed by atoms with van der Waals surface area (Å²) in [4.78, 5) is 3.97. The second-order valence-corrected chi connectivity index (χ2v) is 4.25. The Bertz CT molecular complexity index is 759. The Morgan fingerprint density at radius 2 is 1.75 bits per heavy atom. The van der Waals surface area contributed by atoms with Crippen LogP contribution in [0.4, 0.5) is 18.9 Å². The molecule has 2 aromatic heterocycles. The van der Waals surface area contributed by atoms with Crippen molar-refractivity contribution in [3.05, 3.63) is 48.2 Å². The third-order valence-corrected chi connectivity index (χ3v) is 2.84. The SMILES string of the molecule is Nc1ccc(-c2nc3c(C(F)(F)F)cccn3n2)cc1. The lowest BCUT2D eigenvalue weighted by atomic mass is 10.2. The summed E-state index contributed by atoms with van der Waals surface area (Å²) in [5.41, 5.74) is 5.71. The van der Waals surface area contributed by atoms with Crippen LogP contribution < -0.4 is 5.73 Å². The zero-order chi connectivity index (χ0) is 14.3. The number of hydrogen-bond acceptors (Lipinski definition) is 3. The second kappa shape index (κ2) is 4.22. The largest absolute Gasteiger partial charge is 0.420 e. The zero-order valence-corrected chi connectivity index (χ0v) is 10.1. The first-order valence-electron chi connectivity index (χ1n) is 5.73. The molecule has 0 atom stereocenters. The molecule has 20 heavy (non-hydrogen) atoms. The van der Waals surface area contributed by atoms with Gasteiger partial charge in [-0.1, -0.05) is 0 Å². The molecule has 0 unspecified atom stereocenters. The highest BCUT2D eigenvalue weighted by molar-refractivity contribution is 5.62. The van der Waals surface area contributed by atoms with Crippen molar-refractivity contribution in [1.29, 1.82) is 0 Å². The zero-order valence-electron chi connectivity index (χ0n) is 10.1. The molecule has 0 saturated heterocycles. The van der Waals surface area contributed by atoms with Gasteiger partial charge in [0.05, 0.1) is 0 Å². The molecular formula is C13H9F3N4. The molecule has 0 saturated carbocycles. The Morgan fingerprint density at radius 3 is 2.40 bits per heavy atom. The summed E-state index contributed by atoms with van der Waals surface area (Å²) < 4.78 is 39.8. The van der Waals surface area contributed by atoms with Crippen LogP contribution in [0.15, 0.2) is 42.6 Å². The average Bonchev–Trinajstić information content (AvgIpc) is 2.81. The molecule has 102 valence electrons. The predicted molar refractivity (Wildman–Crippen MR) is 67.8 cm³/mol. The number of rotatable bonds is 1. The van der Waals surface area contributed by atoms with Gasteiger partial charge in [-0.25, -0.2) is 9.50 Å². The number of pyridine rings is 1. The minimum absolute atomic E-state index is 0.216. The summed E-state index contributed by atoms with van der Waals surface area (Å²) in [6.45, 7) is 0. The van der Waals surface area contributed by atoms with Crippen LogP contribution in [0.25, 0.3) is 17.0 Å². The molecule has 0 amide bonds. The second-order valence-electron chi connectivity index (χ2n) is 4.25. The number of anilines is 1. The Morgan fingerprint density at radius 1 is 1.05 bits per heavy atom. The van der Waals surface area contributed by atoms with Gasteiger partial charge in [0.1, 0.15) is 5.56 Å². The molecule has 1 aromatic carbocycles. The van der Waals surface area contributed by atoms with Gasteiger partial charge in [-0.3, -0.25) is 0 Å². The van der Waals surface area contributed by atoms with E-state index < -0.39 is 11.7 Å². The molecule has 0 fully saturated rings. The molecule has 0 bridgehead atoms. The van der Waals surface area contributed by atoms with Gasteiger partial charge in [0.2, 0.25) is 0 Å². The molecule has 0 aliphatic carbocycles. The number of benzene rings is 1. The molecule has 3 rings (SSSR count). The fraction of sp³-hybridized carbons (Fsp3) is 0.0769. The number of nitrogens with zero attached hydrogens (tertiary/aromatic N) is 3. The Labute approximate surface area is 111 Å². The van der Waals surface area contributed by atoms with E-state index in [1.165, 1.54) is 12.3 Å². The third-order valence-electron chi connectivity index (χ3n) is 2.84. The van der Waals surface area contributed by atoms with Crippen molar-refractivity contribution in [2.45, 2.75) is 6.18 Å². The van der Waals surface area contributed by atoms with Gasteiger partial charge >= 0.3 is 6.18 Å². The van der Waals surface area contributed by atoms with E-state index in [9.17, 15) is 13.2 Å². The first kappa shape index (κ1) is 12.5. The van der Waals surface area contributed by atoms with Crippen molar-refractivity contribution < 1.29 is 13.2 Å². The van der Waals surface area contributed by atoms with Gasteiger partial charge in [0.15, 0.2) is 11.5 Å². The molecule has 4 nitrogen and oxygen atoms in total. The number of alkyl halides is 3. The molecule has 0 radical (unpaired) electrons. The van der Waals surface area contributed by atoms with E-state index in [0.717, 1.165) is 10.6 Å². The van der Waals surface area contributed by atoms with E-state index in [1.54, 1.807) is 24.3 Å². The Balaban J connectivity index is 2.18. The Hall–Kier alpha value is -2.57. The maximum absolute atomic E-state index is 12.9. The highest BCUT2D eigenvalue weighted by Gasteiger charge is 2.34. The molecule has 0 aliphatic rings. The van der Waals surface area contributed by atoms with Crippen LogP contribution in [0.1, 0.15) is 5.56 Å². The van der Waals surface area contributed by atoms with E-state index in [0.29, 0.717) is 11.3 Å². The molecule has 0 spiro atoms.